The Labute approximate surface area is 162 Å². The van der Waals surface area contributed by atoms with E-state index in [4.69, 9.17) is 5.26 Å². The third-order valence-corrected chi connectivity index (χ3v) is 4.82. The van der Waals surface area contributed by atoms with Gasteiger partial charge in [0, 0.05) is 13.1 Å². The predicted octanol–water partition coefficient (Wildman–Crippen LogP) is 3.30. The lowest BCUT2D eigenvalue weighted by atomic mass is 9.91. The van der Waals surface area contributed by atoms with Crippen LogP contribution in [0.4, 0.5) is 0 Å². The van der Waals surface area contributed by atoms with E-state index in [1.165, 1.54) is 36.6 Å². The highest BCUT2D eigenvalue weighted by molar-refractivity contribution is 5.77. The molecule has 0 saturated heterocycles. The smallest absolute Gasteiger partial charge is 0.136 e. The maximum absolute atomic E-state index is 9.40. The number of aromatic hydroxyl groups is 1. The third kappa shape index (κ3) is 3.58. The molecule has 7 nitrogen and oxygen atoms in total. The molecule has 1 aliphatic carbocycles. The quantitative estimate of drug-likeness (QED) is 0.553. The van der Waals surface area contributed by atoms with Crippen LogP contribution in [0.5, 0.6) is 5.75 Å². The van der Waals surface area contributed by atoms with Gasteiger partial charge in [0.25, 0.3) is 0 Å². The van der Waals surface area contributed by atoms with Crippen molar-refractivity contribution in [1.29, 1.82) is 5.26 Å². The lowest BCUT2D eigenvalue weighted by Gasteiger charge is -2.14. The first kappa shape index (κ1) is 17.7. The average molecular weight is 372 g/mol. The summed E-state index contributed by atoms with van der Waals surface area (Å²) in [6, 6.07) is 9.87. The van der Waals surface area contributed by atoms with Gasteiger partial charge < -0.3 is 5.11 Å². The Morgan fingerprint density at radius 1 is 1.04 bits per heavy atom. The number of fused-ring (bicyclic) bond motifs is 2. The summed E-state index contributed by atoms with van der Waals surface area (Å²) < 4.78 is 3.38. The number of hydrogen-bond donors (Lipinski definition) is 1. The van der Waals surface area contributed by atoms with Crippen molar-refractivity contribution < 1.29 is 5.11 Å². The highest BCUT2D eigenvalue weighted by Crippen LogP contribution is 2.22. The number of aromatic nitrogens is 5. The zero-order chi connectivity index (χ0) is 19.5. The summed E-state index contributed by atoms with van der Waals surface area (Å²) in [6.07, 6.45) is 11.5. The molecule has 140 valence electrons. The Bertz CT molecular complexity index is 1170. The van der Waals surface area contributed by atoms with Crippen LogP contribution in [-0.2, 0) is 19.9 Å². The van der Waals surface area contributed by atoms with Gasteiger partial charge in [-0.25, -0.2) is 9.67 Å². The van der Waals surface area contributed by atoms with E-state index >= 15 is 0 Å². The molecule has 0 bridgehead atoms. The van der Waals surface area contributed by atoms with Gasteiger partial charge in [-0.2, -0.15) is 15.5 Å². The molecule has 0 saturated carbocycles. The van der Waals surface area contributed by atoms with Crippen molar-refractivity contribution in [2.24, 2.45) is 7.05 Å². The van der Waals surface area contributed by atoms with Gasteiger partial charge in [-0.05, 0) is 48.9 Å². The number of aryl methyl sites for hydroxylation is 3. The summed E-state index contributed by atoms with van der Waals surface area (Å²) in [5.41, 5.74) is 5.97. The molecule has 1 N–H and O–H groups in total. The normalized spacial score (nSPS) is 12.7. The molecule has 0 fully saturated rings. The molecule has 0 aliphatic heterocycles. The van der Waals surface area contributed by atoms with Crippen molar-refractivity contribution in [1.82, 2.24) is 24.5 Å². The molecule has 28 heavy (non-hydrogen) atoms. The molecule has 5 rings (SSSR count). The van der Waals surface area contributed by atoms with E-state index in [1.807, 2.05) is 25.4 Å². The van der Waals surface area contributed by atoms with E-state index in [9.17, 15) is 5.11 Å². The summed E-state index contributed by atoms with van der Waals surface area (Å²) in [5, 5.41) is 26.4. The van der Waals surface area contributed by atoms with Gasteiger partial charge in [0.1, 0.15) is 17.0 Å². The largest absolute Gasteiger partial charge is 0.506 e. The summed E-state index contributed by atoms with van der Waals surface area (Å²) >= 11 is 0. The molecule has 0 amide bonds. The van der Waals surface area contributed by atoms with Crippen LogP contribution < -0.4 is 0 Å². The second kappa shape index (κ2) is 7.53. The van der Waals surface area contributed by atoms with Crippen LogP contribution in [0.1, 0.15) is 29.5 Å². The summed E-state index contributed by atoms with van der Waals surface area (Å²) in [6.45, 7) is 0. The molecule has 0 spiro atoms. The van der Waals surface area contributed by atoms with Crippen LogP contribution >= 0.6 is 0 Å². The van der Waals surface area contributed by atoms with E-state index in [-0.39, 0.29) is 5.75 Å². The fraction of sp³-hybridized carbons (Fsp3) is 0.238. The Kier molecular flexibility index (Phi) is 4.77. The zero-order valence-corrected chi connectivity index (χ0v) is 15.6. The fourth-order valence-electron chi connectivity index (χ4n) is 3.42. The van der Waals surface area contributed by atoms with Gasteiger partial charge in [0.2, 0.25) is 0 Å². The average Bonchev–Trinajstić information content (AvgIpc) is 3.33. The Morgan fingerprint density at radius 2 is 1.86 bits per heavy atom. The van der Waals surface area contributed by atoms with Crippen LogP contribution in [0.2, 0.25) is 0 Å². The highest BCUT2D eigenvalue weighted by Gasteiger charge is 2.09. The van der Waals surface area contributed by atoms with Gasteiger partial charge >= 0.3 is 0 Å². The number of benzene rings is 1. The maximum atomic E-state index is 9.40. The van der Waals surface area contributed by atoms with Gasteiger partial charge in [-0.1, -0.05) is 6.07 Å². The van der Waals surface area contributed by atoms with Crippen molar-refractivity contribution >= 4 is 11.0 Å². The third-order valence-electron chi connectivity index (χ3n) is 4.82. The molecule has 3 aromatic heterocycles. The molecule has 1 aliphatic rings. The number of pyridine rings is 1. The van der Waals surface area contributed by atoms with Crippen molar-refractivity contribution in [2.45, 2.75) is 25.7 Å². The molecule has 0 atom stereocenters. The lowest BCUT2D eigenvalue weighted by molar-refractivity contribution is 0.473. The molecular weight excluding hydrogens is 352 g/mol. The molecule has 4 aromatic rings. The lowest BCUT2D eigenvalue weighted by Crippen LogP contribution is -2.02. The predicted molar refractivity (Wildman–Crippen MR) is 105 cm³/mol. The Hall–Kier alpha value is -3.66. The minimum absolute atomic E-state index is 0.123. The standard InChI is InChI=1S/C11H11N.C10H9N5O/c12-8-9-5-6-10-3-1-2-4-11(10)7-9;1-14-6-7(3-12-14)15-10-2-8(16)4-11-9(10)5-13-15/h5-7H,1-4H2;2-6,16H,1H3. The molecule has 7 heteroatoms. The van der Waals surface area contributed by atoms with Crippen molar-refractivity contribution in [3.05, 3.63) is 65.7 Å². The van der Waals surface area contributed by atoms with E-state index in [0.29, 0.717) is 0 Å². The number of nitrogens with zero attached hydrogens (tertiary/aromatic N) is 6. The first-order valence-electron chi connectivity index (χ1n) is 9.18. The van der Waals surface area contributed by atoms with Crippen LogP contribution in [0.25, 0.3) is 16.7 Å². The molecule has 3 heterocycles. The molecule has 1 aromatic carbocycles. The maximum Gasteiger partial charge on any atom is 0.136 e. The van der Waals surface area contributed by atoms with E-state index in [2.05, 4.69) is 27.3 Å². The minimum atomic E-state index is 0.123. The summed E-state index contributed by atoms with van der Waals surface area (Å²) in [7, 11) is 1.84. The van der Waals surface area contributed by atoms with E-state index in [0.717, 1.165) is 28.7 Å². The summed E-state index contributed by atoms with van der Waals surface area (Å²) in [5.74, 6) is 0.123. The van der Waals surface area contributed by atoms with Crippen LogP contribution in [0.3, 0.4) is 0 Å². The SMILES string of the molecule is Cn1cc(-n2ncc3ncc(O)cc32)cn1.N#Cc1ccc2c(c1)CCCC2. The Morgan fingerprint density at radius 3 is 2.61 bits per heavy atom. The Balaban J connectivity index is 0.000000143. The fourth-order valence-corrected chi connectivity index (χ4v) is 3.42. The second-order valence-corrected chi connectivity index (χ2v) is 6.83. The van der Waals surface area contributed by atoms with Crippen molar-refractivity contribution in [3.63, 3.8) is 0 Å². The van der Waals surface area contributed by atoms with E-state index < -0.39 is 0 Å². The summed E-state index contributed by atoms with van der Waals surface area (Å²) in [4.78, 5) is 4.07. The van der Waals surface area contributed by atoms with Crippen molar-refractivity contribution in [3.8, 4) is 17.5 Å². The molecule has 0 radical (unpaired) electrons. The van der Waals surface area contributed by atoms with Gasteiger partial charge in [0.15, 0.2) is 0 Å². The molecular formula is C21H20N6O. The second-order valence-electron chi connectivity index (χ2n) is 6.83. The van der Waals surface area contributed by atoms with E-state index in [1.54, 1.807) is 27.8 Å². The monoisotopic (exact) mass is 372 g/mol. The van der Waals surface area contributed by atoms with Gasteiger partial charge in [-0.15, -0.1) is 0 Å². The first-order chi connectivity index (χ1) is 13.6. The number of hydrogen-bond acceptors (Lipinski definition) is 5. The zero-order valence-electron chi connectivity index (χ0n) is 15.6. The minimum Gasteiger partial charge on any atom is -0.506 e. The van der Waals surface area contributed by atoms with Crippen LogP contribution in [0, 0.1) is 11.3 Å². The van der Waals surface area contributed by atoms with Gasteiger partial charge in [-0.3, -0.25) is 4.68 Å². The van der Waals surface area contributed by atoms with Crippen LogP contribution in [0.15, 0.2) is 49.1 Å². The highest BCUT2D eigenvalue weighted by atomic mass is 16.3. The molecule has 0 unspecified atom stereocenters. The van der Waals surface area contributed by atoms with Gasteiger partial charge in [0.05, 0.1) is 41.9 Å². The first-order valence-corrected chi connectivity index (χ1v) is 9.18. The van der Waals surface area contributed by atoms with Crippen LogP contribution in [-0.4, -0.2) is 29.7 Å². The number of rotatable bonds is 1. The topological polar surface area (TPSA) is 92.6 Å². The number of nitriles is 1. The van der Waals surface area contributed by atoms with Crippen molar-refractivity contribution in [2.75, 3.05) is 0 Å².